The molecule has 2 aliphatic heterocycles. The molecule has 7 aliphatic rings. The number of nitrogens with zero attached hydrogens (tertiary/aromatic N) is 1. The molecule has 192 valence electrons. The molecular weight excluding hydrogens is 464 g/mol. The quantitative estimate of drug-likeness (QED) is 0.534. The van der Waals surface area contributed by atoms with E-state index in [-0.39, 0.29) is 23.1 Å². The molecule has 0 radical (unpaired) electrons. The molecule has 2 spiro atoms. The van der Waals surface area contributed by atoms with Crippen molar-refractivity contribution in [2.45, 2.75) is 61.7 Å². The maximum atomic E-state index is 13.7. The van der Waals surface area contributed by atoms with E-state index in [1.807, 2.05) is 24.3 Å². The fourth-order valence-corrected chi connectivity index (χ4v) is 8.88. The van der Waals surface area contributed by atoms with Gasteiger partial charge in [-0.15, -0.1) is 0 Å². The van der Waals surface area contributed by atoms with Crippen LogP contribution < -0.4 is 10.1 Å². The molecule has 1 amide bonds. The van der Waals surface area contributed by atoms with Crippen molar-refractivity contribution in [3.63, 3.8) is 0 Å². The average molecular weight is 499 g/mol. The second kappa shape index (κ2) is 7.39. The van der Waals surface area contributed by atoms with E-state index in [9.17, 15) is 15.0 Å². The fourth-order valence-electron chi connectivity index (χ4n) is 8.88. The Morgan fingerprint density at radius 2 is 1.97 bits per heavy atom. The molecule has 6 atom stereocenters. The van der Waals surface area contributed by atoms with Gasteiger partial charge in [0.2, 0.25) is 5.91 Å². The summed E-state index contributed by atoms with van der Waals surface area (Å²) in [4.78, 5) is 16.4. The predicted molar refractivity (Wildman–Crippen MR) is 138 cm³/mol. The molecule has 3 N–H and O–H groups in total. The van der Waals surface area contributed by atoms with Gasteiger partial charge in [0.25, 0.3) is 0 Å². The lowest BCUT2D eigenvalue weighted by Gasteiger charge is -2.70. The number of aromatic hydroxyl groups is 1. The summed E-state index contributed by atoms with van der Waals surface area (Å²) in [6.45, 7) is 2.61. The van der Waals surface area contributed by atoms with Crippen LogP contribution in [0.15, 0.2) is 54.6 Å². The molecule has 5 aliphatic carbocycles. The van der Waals surface area contributed by atoms with E-state index < -0.39 is 23.0 Å². The van der Waals surface area contributed by atoms with E-state index in [1.165, 1.54) is 24.0 Å². The normalized spacial score (nSPS) is 38.2. The number of nitrogens with one attached hydrogen (secondary N) is 1. The third kappa shape index (κ3) is 2.75. The summed E-state index contributed by atoms with van der Waals surface area (Å²) < 4.78 is 6.57. The lowest BCUT2D eigenvalue weighted by Crippen LogP contribution is -2.80. The van der Waals surface area contributed by atoms with Crippen LogP contribution in [-0.2, 0) is 23.1 Å². The first-order chi connectivity index (χ1) is 18.0. The number of fused-ring (bicyclic) bond motifs is 1. The largest absolute Gasteiger partial charge is 0.504 e. The van der Waals surface area contributed by atoms with Gasteiger partial charge < -0.3 is 20.3 Å². The highest BCUT2D eigenvalue weighted by molar-refractivity contribution is 5.82. The Bertz CT molecular complexity index is 1320. The monoisotopic (exact) mass is 498 g/mol. The number of carbonyl (C=O) groups is 1. The zero-order chi connectivity index (χ0) is 25.0. The van der Waals surface area contributed by atoms with Gasteiger partial charge in [0, 0.05) is 30.1 Å². The smallest absolute Gasteiger partial charge is 0.226 e. The Balaban J connectivity index is 1.19. The average Bonchev–Trinajstić information content (AvgIpc) is 3.64. The van der Waals surface area contributed by atoms with Crippen molar-refractivity contribution in [2.75, 3.05) is 19.6 Å². The summed E-state index contributed by atoms with van der Waals surface area (Å²) in [6.07, 6.45) is 9.32. The Morgan fingerprint density at radius 3 is 2.78 bits per heavy atom. The number of ether oxygens (including phenoxy) is 1. The van der Waals surface area contributed by atoms with Gasteiger partial charge in [-0.3, -0.25) is 9.69 Å². The summed E-state index contributed by atoms with van der Waals surface area (Å²) in [7, 11) is 0. The first-order valence-electron chi connectivity index (χ1n) is 14.0. The lowest BCUT2D eigenvalue weighted by molar-refractivity contribution is -0.206. The highest BCUT2D eigenvalue weighted by atomic mass is 16.5. The van der Waals surface area contributed by atoms with Crippen LogP contribution in [0.1, 0.15) is 42.4 Å². The summed E-state index contributed by atoms with van der Waals surface area (Å²) >= 11 is 0. The predicted octanol–water partition coefficient (Wildman–Crippen LogP) is 3.10. The van der Waals surface area contributed by atoms with Crippen molar-refractivity contribution in [3.05, 3.63) is 71.3 Å². The highest BCUT2D eigenvalue weighted by Crippen LogP contribution is 2.74. The van der Waals surface area contributed by atoms with Crippen LogP contribution in [0.4, 0.5) is 0 Å². The van der Waals surface area contributed by atoms with Gasteiger partial charge in [-0.25, -0.2) is 0 Å². The molecule has 2 aromatic rings. The summed E-state index contributed by atoms with van der Waals surface area (Å²) in [5, 5.41) is 26.3. The van der Waals surface area contributed by atoms with Crippen LogP contribution in [0.25, 0.3) is 0 Å². The van der Waals surface area contributed by atoms with Crippen molar-refractivity contribution in [1.29, 1.82) is 0 Å². The Morgan fingerprint density at radius 1 is 1.14 bits per heavy atom. The molecule has 37 heavy (non-hydrogen) atoms. The number of phenols is 1. The van der Waals surface area contributed by atoms with Crippen molar-refractivity contribution >= 4 is 5.91 Å². The topological polar surface area (TPSA) is 82.0 Å². The van der Waals surface area contributed by atoms with Gasteiger partial charge in [0.05, 0.1) is 11.3 Å². The van der Waals surface area contributed by atoms with Gasteiger partial charge in [0.15, 0.2) is 11.5 Å². The highest BCUT2D eigenvalue weighted by Gasteiger charge is 2.79. The first-order valence-corrected chi connectivity index (χ1v) is 14.0. The van der Waals surface area contributed by atoms with Gasteiger partial charge in [-0.2, -0.15) is 0 Å². The number of carbonyl (C=O) groups excluding carboxylic acids is 1. The molecule has 6 heteroatoms. The minimum Gasteiger partial charge on any atom is -0.504 e. The van der Waals surface area contributed by atoms with Crippen LogP contribution in [0, 0.1) is 17.3 Å². The van der Waals surface area contributed by atoms with Gasteiger partial charge in [-0.1, -0.05) is 48.6 Å². The fraction of sp³-hybridized carbons (Fsp3) is 0.516. The molecule has 1 saturated heterocycles. The van der Waals surface area contributed by atoms with E-state index in [0.717, 1.165) is 43.8 Å². The van der Waals surface area contributed by atoms with Crippen molar-refractivity contribution < 1.29 is 19.7 Å². The minimum atomic E-state index is -1.41. The number of benzene rings is 2. The third-order valence-corrected chi connectivity index (χ3v) is 10.7. The van der Waals surface area contributed by atoms with Crippen molar-refractivity contribution in [3.8, 4) is 11.5 Å². The zero-order valence-electron chi connectivity index (χ0n) is 21.0. The van der Waals surface area contributed by atoms with Crippen molar-refractivity contribution in [1.82, 2.24) is 10.2 Å². The summed E-state index contributed by atoms with van der Waals surface area (Å²) in [5.74, 6) is 0.769. The van der Waals surface area contributed by atoms with E-state index in [2.05, 4.69) is 34.5 Å². The van der Waals surface area contributed by atoms with Gasteiger partial charge >= 0.3 is 0 Å². The maximum Gasteiger partial charge on any atom is 0.226 e. The molecule has 2 heterocycles. The maximum absolute atomic E-state index is 13.7. The van der Waals surface area contributed by atoms with Crippen molar-refractivity contribution in [2.24, 2.45) is 17.3 Å². The van der Waals surface area contributed by atoms with Crippen LogP contribution in [0.3, 0.4) is 0 Å². The third-order valence-electron chi connectivity index (χ3n) is 10.7. The minimum absolute atomic E-state index is 0.0987. The van der Waals surface area contributed by atoms with Gasteiger partial charge in [0.1, 0.15) is 11.7 Å². The van der Waals surface area contributed by atoms with E-state index >= 15 is 0 Å². The van der Waals surface area contributed by atoms with E-state index in [4.69, 9.17) is 4.74 Å². The SMILES string of the molecule is O=C(NCCc1ccccc1)[C@H]1C[C@@]23C=CC1(O)[C@@H]1Oc4c(O)ccc5c4[C@@]12CCN(CC1CC1)[C@@H]3C5. The Kier molecular flexibility index (Phi) is 4.43. The Hall–Kier alpha value is -2.83. The number of phenolic OH excluding ortho intramolecular Hbond substituents is 1. The second-order valence-corrected chi connectivity index (χ2v) is 12.4. The number of aliphatic hydroxyl groups is 1. The van der Waals surface area contributed by atoms with Gasteiger partial charge in [-0.05, 0) is 68.2 Å². The molecule has 3 fully saturated rings. The molecule has 2 saturated carbocycles. The van der Waals surface area contributed by atoms with E-state index in [1.54, 1.807) is 6.07 Å². The van der Waals surface area contributed by atoms with Crippen LogP contribution in [0.2, 0.25) is 0 Å². The molecule has 0 aromatic heterocycles. The summed E-state index contributed by atoms with van der Waals surface area (Å²) in [6, 6.07) is 14.2. The van der Waals surface area contributed by atoms with Crippen LogP contribution >= 0.6 is 0 Å². The zero-order valence-corrected chi connectivity index (χ0v) is 21.0. The van der Waals surface area contributed by atoms with Crippen LogP contribution in [-0.4, -0.2) is 58.4 Å². The second-order valence-electron chi connectivity index (χ2n) is 12.4. The molecule has 6 nitrogen and oxygen atoms in total. The number of rotatable bonds is 6. The number of amides is 1. The molecular formula is C31H34N2O4. The van der Waals surface area contributed by atoms with Crippen LogP contribution in [0.5, 0.6) is 11.5 Å². The lowest BCUT2D eigenvalue weighted by atomic mass is 9.37. The number of piperidine rings is 1. The molecule has 4 bridgehead atoms. The first kappa shape index (κ1) is 22.2. The summed E-state index contributed by atoms with van der Waals surface area (Å²) in [5.41, 5.74) is 1.39. The Labute approximate surface area is 217 Å². The number of hydrogen-bond donors (Lipinski definition) is 3. The molecule has 1 unspecified atom stereocenters. The number of likely N-dealkylation sites (tertiary alicyclic amines) is 1. The standard InChI is InChI=1S/C31H34N2O4/c34-23-9-8-21-16-24-29-11-12-31(36,22(17-29)27(35)32-14-10-19-4-2-1-3-5-19)28-30(29,25(21)26(23)37-28)13-15-33(24)18-20-6-7-20/h1-5,8-9,11-12,20,22,24,28,34,36H,6-7,10,13-18H2,(H,32,35)/t22-,24-,28-,29-,30+,31?/m1/s1. The molecule has 2 aromatic carbocycles. The number of hydrogen-bond acceptors (Lipinski definition) is 5. The molecule has 9 rings (SSSR count). The van der Waals surface area contributed by atoms with E-state index in [0.29, 0.717) is 18.7 Å².